The first-order valence-corrected chi connectivity index (χ1v) is 8.17. The second kappa shape index (κ2) is 11.5. The van der Waals surface area contributed by atoms with Crippen molar-refractivity contribution >= 4 is 29.9 Å². The Hall–Kier alpha value is -0.0400. The Morgan fingerprint density at radius 3 is 2.52 bits per heavy atom. The van der Waals surface area contributed by atoms with E-state index in [1.54, 1.807) is 0 Å². The standard InChI is InChI=1S/C16H34N4.HI/c1-13(2)7-6-8-14(3)19-16(17-4)18-11-15-9-10-20(5)12-15;/h13-15H,6-12H2,1-5H3,(H2,17,18,19);1H. The van der Waals surface area contributed by atoms with Crippen molar-refractivity contribution in [2.24, 2.45) is 16.8 Å². The Kier molecular flexibility index (Phi) is 11.5. The zero-order valence-corrected chi connectivity index (χ0v) is 16.8. The van der Waals surface area contributed by atoms with Gasteiger partial charge in [-0.15, -0.1) is 24.0 Å². The van der Waals surface area contributed by atoms with Crippen LogP contribution in [0.1, 0.15) is 46.5 Å². The van der Waals surface area contributed by atoms with Crippen molar-refractivity contribution in [3.05, 3.63) is 0 Å². The Morgan fingerprint density at radius 1 is 1.29 bits per heavy atom. The summed E-state index contributed by atoms with van der Waals surface area (Å²) in [4.78, 5) is 6.73. The monoisotopic (exact) mass is 410 g/mol. The van der Waals surface area contributed by atoms with Crippen molar-refractivity contribution in [1.82, 2.24) is 15.5 Å². The lowest BCUT2D eigenvalue weighted by Crippen LogP contribution is -2.44. The van der Waals surface area contributed by atoms with Gasteiger partial charge in [0.05, 0.1) is 0 Å². The Balaban J connectivity index is 0.00000400. The molecule has 1 aliphatic heterocycles. The van der Waals surface area contributed by atoms with Gasteiger partial charge in [-0.3, -0.25) is 4.99 Å². The number of nitrogens with zero attached hydrogens (tertiary/aromatic N) is 2. The molecule has 1 rings (SSSR count). The molecule has 0 bridgehead atoms. The molecule has 1 aliphatic rings. The van der Waals surface area contributed by atoms with Gasteiger partial charge in [0.1, 0.15) is 0 Å². The molecule has 5 heteroatoms. The third-order valence-corrected chi connectivity index (χ3v) is 4.07. The van der Waals surface area contributed by atoms with Gasteiger partial charge in [0.25, 0.3) is 0 Å². The highest BCUT2D eigenvalue weighted by Gasteiger charge is 2.19. The molecule has 0 aliphatic carbocycles. The molecule has 1 saturated heterocycles. The highest BCUT2D eigenvalue weighted by Crippen LogP contribution is 2.12. The van der Waals surface area contributed by atoms with Crippen molar-refractivity contribution < 1.29 is 0 Å². The molecule has 1 fully saturated rings. The van der Waals surface area contributed by atoms with Gasteiger partial charge < -0.3 is 15.5 Å². The Bertz CT molecular complexity index is 294. The molecule has 126 valence electrons. The number of guanidine groups is 1. The molecular weight excluding hydrogens is 375 g/mol. The number of halogens is 1. The maximum Gasteiger partial charge on any atom is 0.191 e. The van der Waals surface area contributed by atoms with Gasteiger partial charge in [0, 0.05) is 26.2 Å². The fraction of sp³-hybridized carbons (Fsp3) is 0.938. The minimum atomic E-state index is 0. The summed E-state index contributed by atoms with van der Waals surface area (Å²) in [7, 11) is 4.06. The molecular formula is C16H35IN4. The second-order valence-electron chi connectivity index (χ2n) is 6.74. The lowest BCUT2D eigenvalue weighted by atomic mass is 10.0. The summed E-state index contributed by atoms with van der Waals surface area (Å²) < 4.78 is 0. The van der Waals surface area contributed by atoms with Crippen LogP contribution in [0.25, 0.3) is 0 Å². The van der Waals surface area contributed by atoms with E-state index in [0.717, 1.165) is 24.3 Å². The SMILES string of the molecule is CN=C(NCC1CCN(C)C1)NC(C)CCCC(C)C.I. The van der Waals surface area contributed by atoms with E-state index in [2.05, 4.69) is 48.3 Å². The minimum Gasteiger partial charge on any atom is -0.356 e. The van der Waals surface area contributed by atoms with Gasteiger partial charge in [-0.1, -0.05) is 26.7 Å². The van der Waals surface area contributed by atoms with Gasteiger partial charge in [0.2, 0.25) is 0 Å². The smallest absolute Gasteiger partial charge is 0.191 e. The summed E-state index contributed by atoms with van der Waals surface area (Å²) in [6.07, 6.45) is 5.11. The molecule has 1 heterocycles. The molecule has 21 heavy (non-hydrogen) atoms. The fourth-order valence-corrected chi connectivity index (χ4v) is 2.77. The third-order valence-electron chi connectivity index (χ3n) is 4.07. The van der Waals surface area contributed by atoms with Crippen LogP contribution in [-0.4, -0.2) is 50.6 Å². The highest BCUT2D eigenvalue weighted by molar-refractivity contribution is 14.0. The first-order chi connectivity index (χ1) is 9.51. The Morgan fingerprint density at radius 2 is 2.00 bits per heavy atom. The number of aliphatic imine (C=N–C) groups is 1. The molecule has 0 amide bonds. The predicted octanol–water partition coefficient (Wildman–Crippen LogP) is 2.94. The lowest BCUT2D eigenvalue weighted by Gasteiger charge is -2.20. The van der Waals surface area contributed by atoms with Crippen LogP contribution < -0.4 is 10.6 Å². The highest BCUT2D eigenvalue weighted by atomic mass is 127. The number of rotatable bonds is 7. The summed E-state index contributed by atoms with van der Waals surface area (Å²) in [5.74, 6) is 2.52. The quantitative estimate of drug-likeness (QED) is 0.385. The van der Waals surface area contributed by atoms with E-state index in [4.69, 9.17) is 0 Å². The van der Waals surface area contributed by atoms with E-state index in [0.29, 0.717) is 6.04 Å². The topological polar surface area (TPSA) is 39.7 Å². The van der Waals surface area contributed by atoms with E-state index in [9.17, 15) is 0 Å². The summed E-state index contributed by atoms with van der Waals surface area (Å²) in [5, 5.41) is 6.98. The molecule has 4 nitrogen and oxygen atoms in total. The molecule has 0 spiro atoms. The van der Waals surface area contributed by atoms with E-state index in [1.807, 2.05) is 7.05 Å². The first kappa shape index (κ1) is 21.0. The normalized spacial score (nSPS) is 21.2. The van der Waals surface area contributed by atoms with Gasteiger partial charge in [-0.25, -0.2) is 0 Å². The number of nitrogens with one attached hydrogen (secondary N) is 2. The van der Waals surface area contributed by atoms with E-state index >= 15 is 0 Å². The van der Waals surface area contributed by atoms with Crippen LogP contribution >= 0.6 is 24.0 Å². The summed E-state index contributed by atoms with van der Waals surface area (Å²) in [6.45, 7) is 10.3. The van der Waals surface area contributed by atoms with E-state index in [-0.39, 0.29) is 24.0 Å². The maximum atomic E-state index is 4.33. The van der Waals surface area contributed by atoms with Gasteiger partial charge in [0.15, 0.2) is 5.96 Å². The van der Waals surface area contributed by atoms with Crippen LogP contribution in [0.2, 0.25) is 0 Å². The van der Waals surface area contributed by atoms with E-state index < -0.39 is 0 Å². The molecule has 0 saturated carbocycles. The van der Waals surface area contributed by atoms with Gasteiger partial charge in [-0.2, -0.15) is 0 Å². The van der Waals surface area contributed by atoms with Crippen LogP contribution in [-0.2, 0) is 0 Å². The third kappa shape index (κ3) is 9.55. The maximum absolute atomic E-state index is 4.33. The summed E-state index contributed by atoms with van der Waals surface area (Å²) in [5.41, 5.74) is 0. The lowest BCUT2D eigenvalue weighted by molar-refractivity contribution is 0.393. The van der Waals surface area contributed by atoms with Gasteiger partial charge in [-0.05, 0) is 45.2 Å². The van der Waals surface area contributed by atoms with Crippen molar-refractivity contribution in [2.45, 2.75) is 52.5 Å². The van der Waals surface area contributed by atoms with Crippen LogP contribution in [0.4, 0.5) is 0 Å². The van der Waals surface area contributed by atoms with Crippen molar-refractivity contribution in [3.8, 4) is 0 Å². The number of hydrogen-bond acceptors (Lipinski definition) is 2. The fourth-order valence-electron chi connectivity index (χ4n) is 2.77. The molecule has 0 aromatic heterocycles. The van der Waals surface area contributed by atoms with E-state index in [1.165, 1.54) is 38.8 Å². The van der Waals surface area contributed by atoms with Crippen LogP contribution in [0, 0.1) is 11.8 Å². The average Bonchev–Trinajstić information content (AvgIpc) is 2.79. The molecule has 2 N–H and O–H groups in total. The summed E-state index contributed by atoms with van der Waals surface area (Å²) in [6, 6.07) is 0.492. The van der Waals surface area contributed by atoms with Crippen molar-refractivity contribution in [3.63, 3.8) is 0 Å². The van der Waals surface area contributed by atoms with Crippen molar-refractivity contribution in [2.75, 3.05) is 33.7 Å². The zero-order valence-electron chi connectivity index (χ0n) is 14.5. The van der Waals surface area contributed by atoms with Gasteiger partial charge >= 0.3 is 0 Å². The zero-order chi connectivity index (χ0) is 15.0. The first-order valence-electron chi connectivity index (χ1n) is 8.17. The Labute approximate surface area is 148 Å². The van der Waals surface area contributed by atoms with Crippen LogP contribution in [0.15, 0.2) is 4.99 Å². The number of hydrogen-bond donors (Lipinski definition) is 2. The van der Waals surface area contributed by atoms with Crippen molar-refractivity contribution in [1.29, 1.82) is 0 Å². The van der Waals surface area contributed by atoms with Crippen LogP contribution in [0.5, 0.6) is 0 Å². The minimum absolute atomic E-state index is 0. The summed E-state index contributed by atoms with van der Waals surface area (Å²) >= 11 is 0. The molecule has 0 aromatic rings. The molecule has 0 aromatic carbocycles. The average molecular weight is 410 g/mol. The molecule has 0 radical (unpaired) electrons. The van der Waals surface area contributed by atoms with Crippen LogP contribution in [0.3, 0.4) is 0 Å². The predicted molar refractivity (Wildman–Crippen MR) is 104 cm³/mol. The molecule has 2 atom stereocenters. The largest absolute Gasteiger partial charge is 0.356 e. The second-order valence-corrected chi connectivity index (χ2v) is 6.74. The number of likely N-dealkylation sites (tertiary alicyclic amines) is 1. The molecule has 2 unspecified atom stereocenters.